The van der Waals surface area contributed by atoms with Gasteiger partial charge in [-0.3, -0.25) is 19.3 Å². The van der Waals surface area contributed by atoms with Crippen LogP contribution in [0.5, 0.6) is 0 Å². The van der Waals surface area contributed by atoms with E-state index >= 15 is 0 Å². The maximum atomic E-state index is 14.5. The van der Waals surface area contributed by atoms with Gasteiger partial charge >= 0.3 is 12.2 Å². The van der Waals surface area contributed by atoms with E-state index in [2.05, 4.69) is 10.6 Å². The molecular weight excluding hydrogens is 792 g/mol. The Bertz CT molecular complexity index is 2040. The lowest BCUT2D eigenvalue weighted by Crippen LogP contribution is -2.58. The minimum atomic E-state index is -4.62. The van der Waals surface area contributed by atoms with E-state index in [1.807, 2.05) is 10.8 Å². The van der Waals surface area contributed by atoms with Crippen LogP contribution in [0.25, 0.3) is 0 Å². The van der Waals surface area contributed by atoms with E-state index in [-0.39, 0.29) is 48.9 Å². The predicted molar refractivity (Wildman–Crippen MR) is 202 cm³/mol. The number of nitrogens with zero attached hydrogens (tertiary/aromatic N) is 2. The lowest BCUT2D eigenvalue weighted by molar-refractivity contribution is -0.141. The molecule has 5 amide bonds. The first-order valence-electron chi connectivity index (χ1n) is 18.4. The fraction of sp³-hybridized carbons (Fsp3) is 0.500. The van der Waals surface area contributed by atoms with E-state index < -0.39 is 85.9 Å². The van der Waals surface area contributed by atoms with Gasteiger partial charge < -0.3 is 25.0 Å². The van der Waals surface area contributed by atoms with Crippen LogP contribution in [0.3, 0.4) is 0 Å². The van der Waals surface area contributed by atoms with Crippen molar-refractivity contribution in [1.29, 1.82) is 0 Å². The summed E-state index contributed by atoms with van der Waals surface area (Å²) in [5.74, 6) is -3.54. The molecule has 3 N–H and O–H groups in total. The van der Waals surface area contributed by atoms with E-state index in [0.717, 1.165) is 0 Å². The lowest BCUT2D eigenvalue weighted by Gasteiger charge is -2.30. The quantitative estimate of drug-likeness (QED) is 0.335. The van der Waals surface area contributed by atoms with Crippen molar-refractivity contribution in [3.8, 4) is 0 Å². The Hall–Kier alpha value is -4.41. The average Bonchev–Trinajstić information content (AvgIpc) is 3.40. The van der Waals surface area contributed by atoms with Crippen LogP contribution in [0.2, 0.25) is 10.0 Å². The number of halogens is 3. The number of hydrogen-bond donors (Lipinski definition) is 3. The molecule has 2 fully saturated rings. The number of allylic oxidation sites excluding steroid dienone is 1. The van der Waals surface area contributed by atoms with Crippen molar-refractivity contribution in [3.63, 3.8) is 0 Å². The highest BCUT2D eigenvalue weighted by atomic mass is 35.5. The maximum Gasteiger partial charge on any atom is 0.410 e. The van der Waals surface area contributed by atoms with Crippen molar-refractivity contribution >= 4 is 63.1 Å². The minimum absolute atomic E-state index is 0.0309. The molecule has 1 saturated heterocycles. The standard InChI is InChI=1S/C38H44Cl2FN5O9S/c1-37(2,3)55-35(50)42-29-16-8-6-4-5-7-12-23-18-38(23,34(49)44-56(52,53)31-26(39)13-10-14-27(31)40)43-32(47)30-17-24(20-46(30)33(29)48)54-36(51)45-19-22-11-9-15-28(41)25(22)21-45/h7,9-15,23-24,29-30H,4-6,8,16-21H2,1-3H3,(H,42,50)(H,43,47)(H,44,49)/t23-,24-,29+,30+,38-/m1/s1. The van der Waals surface area contributed by atoms with Gasteiger partial charge in [0.25, 0.3) is 15.9 Å². The molecule has 0 radical (unpaired) electrons. The number of benzene rings is 2. The molecule has 18 heteroatoms. The van der Waals surface area contributed by atoms with Gasteiger partial charge in [0.05, 0.1) is 23.1 Å². The number of sulfonamides is 1. The van der Waals surface area contributed by atoms with E-state index in [4.69, 9.17) is 32.7 Å². The first-order chi connectivity index (χ1) is 26.4. The zero-order valence-electron chi connectivity index (χ0n) is 31.1. The van der Waals surface area contributed by atoms with Crippen LogP contribution >= 0.6 is 23.2 Å². The largest absolute Gasteiger partial charge is 0.444 e. The zero-order valence-corrected chi connectivity index (χ0v) is 33.4. The lowest BCUT2D eigenvalue weighted by atomic mass is 10.0. The topological polar surface area (TPSA) is 181 Å². The Morgan fingerprint density at radius 3 is 2.43 bits per heavy atom. The van der Waals surface area contributed by atoms with E-state index in [1.165, 1.54) is 34.1 Å². The average molecular weight is 837 g/mol. The van der Waals surface area contributed by atoms with Crippen molar-refractivity contribution < 1.29 is 46.3 Å². The second-order valence-corrected chi connectivity index (χ2v) is 17.9. The van der Waals surface area contributed by atoms with Gasteiger partial charge in [0.15, 0.2) is 0 Å². The molecule has 3 aliphatic heterocycles. The third-order valence-corrected chi connectivity index (χ3v) is 12.5. The summed E-state index contributed by atoms with van der Waals surface area (Å²) in [4.78, 5) is 71.1. The van der Waals surface area contributed by atoms with Gasteiger partial charge in [0.1, 0.15) is 40.0 Å². The molecule has 1 saturated carbocycles. The summed E-state index contributed by atoms with van der Waals surface area (Å²) in [5, 5.41) is 4.95. The molecule has 0 aromatic heterocycles. The van der Waals surface area contributed by atoms with Crippen molar-refractivity contribution in [2.45, 2.75) is 113 Å². The number of nitrogens with one attached hydrogen (secondary N) is 3. The van der Waals surface area contributed by atoms with Gasteiger partial charge in [0.2, 0.25) is 11.8 Å². The second-order valence-electron chi connectivity index (χ2n) is 15.5. The minimum Gasteiger partial charge on any atom is -0.444 e. The van der Waals surface area contributed by atoms with Crippen LogP contribution in [0.4, 0.5) is 14.0 Å². The number of ether oxygens (including phenoxy) is 2. The summed E-state index contributed by atoms with van der Waals surface area (Å²) in [6.45, 7) is 4.86. The molecule has 5 atom stereocenters. The van der Waals surface area contributed by atoms with Gasteiger partial charge in [-0.1, -0.05) is 66.4 Å². The van der Waals surface area contributed by atoms with Crippen LogP contribution in [0, 0.1) is 11.7 Å². The van der Waals surface area contributed by atoms with E-state index in [0.29, 0.717) is 36.8 Å². The van der Waals surface area contributed by atoms with Gasteiger partial charge in [-0.15, -0.1) is 0 Å². The van der Waals surface area contributed by atoms with Gasteiger partial charge in [-0.25, -0.2) is 27.1 Å². The molecule has 2 aromatic rings. The molecule has 0 spiro atoms. The van der Waals surface area contributed by atoms with Crippen LogP contribution in [0.1, 0.15) is 76.8 Å². The molecule has 1 aliphatic carbocycles. The van der Waals surface area contributed by atoms with Crippen LogP contribution in [0.15, 0.2) is 53.4 Å². The number of alkyl carbamates (subject to hydrolysis) is 1. The normalized spacial score (nSPS) is 25.5. The van der Waals surface area contributed by atoms with Crippen molar-refractivity contribution in [2.24, 2.45) is 5.92 Å². The third-order valence-electron chi connectivity index (χ3n) is 10.2. The van der Waals surface area contributed by atoms with Crippen LogP contribution in [-0.2, 0) is 47.0 Å². The fourth-order valence-electron chi connectivity index (χ4n) is 7.35. The van der Waals surface area contributed by atoms with Crippen molar-refractivity contribution in [3.05, 3.63) is 75.5 Å². The Morgan fingerprint density at radius 1 is 1.02 bits per heavy atom. The summed E-state index contributed by atoms with van der Waals surface area (Å²) in [7, 11) is -4.62. The molecule has 302 valence electrons. The van der Waals surface area contributed by atoms with Crippen LogP contribution < -0.4 is 15.4 Å². The number of amides is 5. The summed E-state index contributed by atoms with van der Waals surface area (Å²) < 4.78 is 54.7. The van der Waals surface area contributed by atoms with E-state index in [9.17, 15) is 36.8 Å². The fourth-order valence-corrected chi connectivity index (χ4v) is 9.53. The molecule has 2 aromatic carbocycles. The highest BCUT2D eigenvalue weighted by molar-refractivity contribution is 7.90. The molecule has 3 heterocycles. The molecule has 14 nitrogen and oxygen atoms in total. The Labute approximate surface area is 334 Å². The number of hydrogen-bond acceptors (Lipinski definition) is 9. The maximum absolute atomic E-state index is 14.5. The predicted octanol–water partition coefficient (Wildman–Crippen LogP) is 5.35. The highest BCUT2D eigenvalue weighted by Gasteiger charge is 2.62. The SMILES string of the molecule is CC(C)(C)OC(=O)N[C@H]1CCCCCC=C[C@@H]2C[C@@]2(C(=O)NS(=O)(=O)c2c(Cl)cccc2Cl)NC(=O)[C@@H]2C[C@@H](OC(=O)N3Cc4cccc(F)c4C3)CN2C1=O. The Kier molecular flexibility index (Phi) is 11.9. The molecular formula is C38H44Cl2FN5O9S. The Balaban J connectivity index is 1.28. The molecule has 4 aliphatic rings. The van der Waals surface area contributed by atoms with Gasteiger partial charge in [-0.05, 0) is 70.2 Å². The number of fused-ring (bicyclic) bond motifs is 3. The van der Waals surface area contributed by atoms with Gasteiger partial charge in [0, 0.05) is 24.4 Å². The second kappa shape index (κ2) is 16.2. The Morgan fingerprint density at radius 2 is 1.73 bits per heavy atom. The summed E-state index contributed by atoms with van der Waals surface area (Å²) in [6.07, 6.45) is 3.56. The molecule has 56 heavy (non-hydrogen) atoms. The van der Waals surface area contributed by atoms with Crippen molar-refractivity contribution in [2.75, 3.05) is 6.54 Å². The number of carbonyl (C=O) groups is 5. The molecule has 0 unspecified atom stereocenters. The number of rotatable bonds is 5. The first-order valence-corrected chi connectivity index (χ1v) is 20.6. The summed E-state index contributed by atoms with van der Waals surface area (Å²) in [6, 6.07) is 6.18. The van der Waals surface area contributed by atoms with Crippen molar-refractivity contribution in [1.82, 2.24) is 25.2 Å². The smallest absolute Gasteiger partial charge is 0.410 e. The third kappa shape index (κ3) is 9.07. The van der Waals surface area contributed by atoms with E-state index in [1.54, 1.807) is 39.0 Å². The van der Waals surface area contributed by atoms with Gasteiger partial charge in [-0.2, -0.15) is 0 Å². The number of carbonyl (C=O) groups excluding carboxylic acids is 5. The highest BCUT2D eigenvalue weighted by Crippen LogP contribution is 2.46. The summed E-state index contributed by atoms with van der Waals surface area (Å²) >= 11 is 12.3. The molecule has 0 bridgehead atoms. The summed E-state index contributed by atoms with van der Waals surface area (Å²) in [5.41, 5.74) is -1.61. The monoisotopic (exact) mass is 835 g/mol. The molecule has 6 rings (SSSR count). The first kappa shape index (κ1) is 41.2. The zero-order chi connectivity index (χ0) is 40.6. The van der Waals surface area contributed by atoms with Crippen LogP contribution in [-0.4, -0.2) is 84.0 Å².